The molecule has 1 atom stereocenters. The third kappa shape index (κ3) is 2.94. The molecular weight excluding hydrogens is 279 g/mol. The molecular formula is C16H20ClFO2. The van der Waals surface area contributed by atoms with Crippen LogP contribution in [0.3, 0.4) is 0 Å². The van der Waals surface area contributed by atoms with E-state index in [-0.39, 0.29) is 23.3 Å². The number of halogens is 2. The number of rotatable bonds is 4. The number of benzene rings is 1. The largest absolute Gasteiger partial charge is 0.488 e. The fourth-order valence-electron chi connectivity index (χ4n) is 3.33. The summed E-state index contributed by atoms with van der Waals surface area (Å²) in [5.74, 6) is 0.248. The molecule has 0 aromatic heterocycles. The van der Waals surface area contributed by atoms with Crippen LogP contribution in [0, 0.1) is 5.82 Å². The second-order valence-electron chi connectivity index (χ2n) is 5.88. The van der Waals surface area contributed by atoms with Gasteiger partial charge in [-0.25, -0.2) is 4.39 Å². The second kappa shape index (κ2) is 5.90. The van der Waals surface area contributed by atoms with E-state index in [0.29, 0.717) is 12.5 Å². The topological polar surface area (TPSA) is 18.5 Å². The zero-order valence-electron chi connectivity index (χ0n) is 11.5. The molecule has 1 saturated heterocycles. The highest BCUT2D eigenvalue weighted by molar-refractivity contribution is 6.17. The van der Waals surface area contributed by atoms with E-state index in [1.165, 1.54) is 31.7 Å². The summed E-state index contributed by atoms with van der Waals surface area (Å²) < 4.78 is 25.5. The van der Waals surface area contributed by atoms with Gasteiger partial charge in [-0.05, 0) is 43.4 Å². The molecule has 0 N–H and O–H groups in total. The predicted molar refractivity (Wildman–Crippen MR) is 76.8 cm³/mol. The Hall–Kier alpha value is -0.800. The fraction of sp³-hybridized carbons (Fsp3) is 0.625. The molecule has 2 aliphatic rings. The van der Waals surface area contributed by atoms with Crippen molar-refractivity contribution in [3.63, 3.8) is 0 Å². The van der Waals surface area contributed by atoms with E-state index in [0.717, 1.165) is 18.4 Å². The second-order valence-corrected chi connectivity index (χ2v) is 6.15. The lowest BCUT2D eigenvalue weighted by Crippen LogP contribution is -2.27. The Bertz CT molecular complexity index is 472. The zero-order chi connectivity index (χ0) is 14.0. The molecule has 3 rings (SSSR count). The quantitative estimate of drug-likeness (QED) is 0.765. The van der Waals surface area contributed by atoms with Crippen molar-refractivity contribution in [2.24, 2.45) is 0 Å². The summed E-state index contributed by atoms with van der Waals surface area (Å²) in [5.41, 5.74) is 0.869. The molecule has 2 nitrogen and oxygen atoms in total. The highest BCUT2D eigenvalue weighted by Gasteiger charge is 2.42. The fourth-order valence-corrected chi connectivity index (χ4v) is 3.49. The zero-order valence-corrected chi connectivity index (χ0v) is 12.3. The molecule has 0 amide bonds. The van der Waals surface area contributed by atoms with Crippen molar-refractivity contribution >= 4 is 11.6 Å². The van der Waals surface area contributed by atoms with E-state index in [2.05, 4.69) is 0 Å². The molecule has 1 heterocycles. The molecule has 2 fully saturated rings. The summed E-state index contributed by atoms with van der Waals surface area (Å²) in [4.78, 5) is 0. The van der Waals surface area contributed by atoms with E-state index in [1.54, 1.807) is 12.1 Å². The molecule has 4 heteroatoms. The van der Waals surface area contributed by atoms with Crippen LogP contribution in [0.4, 0.5) is 4.39 Å². The Kier molecular flexibility index (Phi) is 4.18. The first-order valence-electron chi connectivity index (χ1n) is 7.36. The van der Waals surface area contributed by atoms with Crippen molar-refractivity contribution in [1.82, 2.24) is 0 Å². The van der Waals surface area contributed by atoms with Crippen LogP contribution in [0.2, 0.25) is 0 Å². The smallest absolute Gasteiger partial charge is 0.165 e. The van der Waals surface area contributed by atoms with Gasteiger partial charge in [0.2, 0.25) is 0 Å². The van der Waals surface area contributed by atoms with Crippen molar-refractivity contribution in [1.29, 1.82) is 0 Å². The molecule has 1 unspecified atom stereocenters. The first-order valence-corrected chi connectivity index (χ1v) is 7.89. The average Bonchev–Trinajstić information content (AvgIpc) is 3.08. The Morgan fingerprint density at radius 1 is 1.30 bits per heavy atom. The minimum absolute atomic E-state index is 0.0974. The van der Waals surface area contributed by atoms with E-state index in [1.807, 2.05) is 0 Å². The summed E-state index contributed by atoms with van der Waals surface area (Å²) in [6.45, 7) is 0.429. The Balaban J connectivity index is 1.55. The maximum Gasteiger partial charge on any atom is 0.165 e. The maximum absolute atomic E-state index is 13.8. The van der Waals surface area contributed by atoms with Crippen LogP contribution in [-0.4, -0.2) is 18.3 Å². The minimum atomic E-state index is -0.350. The van der Waals surface area contributed by atoms with Gasteiger partial charge in [-0.2, -0.15) is 0 Å². The number of hydrogen-bond acceptors (Lipinski definition) is 2. The van der Waals surface area contributed by atoms with Crippen LogP contribution in [-0.2, 0) is 10.6 Å². The normalized spacial score (nSPS) is 24.4. The van der Waals surface area contributed by atoms with Crippen LogP contribution >= 0.6 is 11.6 Å². The molecule has 1 spiro atoms. The number of alkyl halides is 1. The van der Waals surface area contributed by atoms with Gasteiger partial charge >= 0.3 is 0 Å². The summed E-state index contributed by atoms with van der Waals surface area (Å²) in [6, 6.07) is 4.86. The van der Waals surface area contributed by atoms with Crippen LogP contribution in [0.1, 0.15) is 44.1 Å². The van der Waals surface area contributed by atoms with E-state index >= 15 is 0 Å². The van der Waals surface area contributed by atoms with Crippen LogP contribution in [0.5, 0.6) is 5.75 Å². The van der Waals surface area contributed by atoms with Gasteiger partial charge in [0.1, 0.15) is 6.61 Å². The molecule has 1 aliphatic heterocycles. The van der Waals surface area contributed by atoms with Gasteiger partial charge in [0.25, 0.3) is 0 Å². The predicted octanol–water partition coefficient (Wildman–Crippen LogP) is 4.44. The Morgan fingerprint density at radius 2 is 2.10 bits per heavy atom. The number of hydrogen-bond donors (Lipinski definition) is 0. The Labute approximate surface area is 124 Å². The van der Waals surface area contributed by atoms with Gasteiger partial charge in [-0.15, -0.1) is 11.6 Å². The third-order valence-corrected chi connectivity index (χ3v) is 4.74. The monoisotopic (exact) mass is 298 g/mol. The van der Waals surface area contributed by atoms with Crippen molar-refractivity contribution in [2.75, 3.05) is 6.61 Å². The first kappa shape index (κ1) is 14.2. The van der Waals surface area contributed by atoms with Crippen LogP contribution < -0.4 is 4.74 Å². The SMILES string of the molecule is Fc1cc(CCl)ccc1OCC1CCC2(CCCC2)O1. The molecule has 110 valence electrons. The van der Waals surface area contributed by atoms with Crippen molar-refractivity contribution in [3.8, 4) is 5.75 Å². The van der Waals surface area contributed by atoms with Gasteiger partial charge in [-0.1, -0.05) is 18.9 Å². The van der Waals surface area contributed by atoms with Gasteiger partial charge in [0.05, 0.1) is 11.7 Å². The molecule has 20 heavy (non-hydrogen) atoms. The maximum atomic E-state index is 13.8. The average molecular weight is 299 g/mol. The van der Waals surface area contributed by atoms with E-state index < -0.39 is 0 Å². The molecule has 1 saturated carbocycles. The number of ether oxygens (including phenoxy) is 2. The molecule has 0 radical (unpaired) electrons. The highest BCUT2D eigenvalue weighted by atomic mass is 35.5. The summed E-state index contributed by atoms with van der Waals surface area (Å²) in [5, 5.41) is 0. The summed E-state index contributed by atoms with van der Waals surface area (Å²) in [7, 11) is 0. The Morgan fingerprint density at radius 3 is 2.80 bits per heavy atom. The summed E-state index contributed by atoms with van der Waals surface area (Å²) >= 11 is 5.67. The lowest BCUT2D eigenvalue weighted by atomic mass is 9.98. The third-order valence-electron chi connectivity index (χ3n) is 4.43. The standard InChI is InChI=1S/C16H20ClFO2/c17-10-12-3-4-15(14(18)9-12)19-11-13-5-8-16(20-13)6-1-2-7-16/h3-4,9,13H,1-2,5-8,10-11H2. The lowest BCUT2D eigenvalue weighted by Gasteiger charge is -2.23. The molecule has 0 bridgehead atoms. The summed E-state index contributed by atoms with van der Waals surface area (Å²) in [6.07, 6.45) is 7.10. The van der Waals surface area contributed by atoms with Gasteiger partial charge in [0.15, 0.2) is 11.6 Å². The van der Waals surface area contributed by atoms with Crippen molar-refractivity contribution in [3.05, 3.63) is 29.6 Å². The van der Waals surface area contributed by atoms with Crippen LogP contribution in [0.25, 0.3) is 0 Å². The van der Waals surface area contributed by atoms with Crippen molar-refractivity contribution < 1.29 is 13.9 Å². The van der Waals surface area contributed by atoms with E-state index in [9.17, 15) is 4.39 Å². The minimum Gasteiger partial charge on any atom is -0.488 e. The van der Waals surface area contributed by atoms with Gasteiger partial charge in [0, 0.05) is 5.88 Å². The van der Waals surface area contributed by atoms with Crippen molar-refractivity contribution in [2.45, 2.75) is 56.1 Å². The molecule has 1 aromatic rings. The van der Waals surface area contributed by atoms with Crippen LogP contribution in [0.15, 0.2) is 18.2 Å². The highest BCUT2D eigenvalue weighted by Crippen LogP contribution is 2.43. The molecule has 1 aromatic carbocycles. The van der Waals surface area contributed by atoms with E-state index in [4.69, 9.17) is 21.1 Å². The first-order chi connectivity index (χ1) is 9.71. The van der Waals surface area contributed by atoms with Gasteiger partial charge < -0.3 is 9.47 Å². The lowest BCUT2D eigenvalue weighted by molar-refractivity contribution is -0.0512. The van der Waals surface area contributed by atoms with Gasteiger partial charge in [-0.3, -0.25) is 0 Å². The molecule has 1 aliphatic carbocycles.